The van der Waals surface area contributed by atoms with E-state index in [0.717, 1.165) is 11.3 Å². The average Bonchev–Trinajstić information content (AvgIpc) is 2.49. The van der Waals surface area contributed by atoms with Crippen LogP contribution in [0.1, 0.15) is 17.9 Å². The minimum Gasteiger partial charge on any atom is -0.493 e. The first-order valence-corrected chi connectivity index (χ1v) is 6.38. The van der Waals surface area contributed by atoms with Gasteiger partial charge in [-0.05, 0) is 24.6 Å². The number of nitrogens with zero attached hydrogens (tertiary/aromatic N) is 1. The summed E-state index contributed by atoms with van der Waals surface area (Å²) in [7, 11) is 0. The van der Waals surface area contributed by atoms with Crippen LogP contribution in [0.2, 0.25) is 0 Å². The number of halogens is 1. The van der Waals surface area contributed by atoms with E-state index in [1.807, 2.05) is 24.3 Å². The number of hydrogen-bond donors (Lipinski definition) is 1. The van der Waals surface area contributed by atoms with Crippen LogP contribution in [0.4, 0.5) is 10.1 Å². The standard InChI is InChI=1S/C15H13FN2O2/c16-14-6-5-10(9-17-14)18-15(19)12-7-8-20-13-4-2-1-3-11(12)13/h1-6,9,12H,7-8H2,(H,18,19). The molecule has 0 saturated heterocycles. The molecule has 1 amide bonds. The second-order valence-electron chi connectivity index (χ2n) is 4.59. The number of pyridine rings is 1. The molecular formula is C15H13FN2O2. The Morgan fingerprint density at radius 3 is 2.95 bits per heavy atom. The number of fused-ring (bicyclic) bond motifs is 1. The molecule has 2 aromatic rings. The second-order valence-corrected chi connectivity index (χ2v) is 4.59. The SMILES string of the molecule is O=C(Nc1ccc(F)nc1)C1CCOc2ccccc21. The van der Waals surface area contributed by atoms with Gasteiger partial charge in [0.2, 0.25) is 11.9 Å². The lowest BCUT2D eigenvalue weighted by Gasteiger charge is -2.24. The minimum atomic E-state index is -0.570. The van der Waals surface area contributed by atoms with Crippen LogP contribution in [0.3, 0.4) is 0 Å². The van der Waals surface area contributed by atoms with Crippen molar-refractivity contribution in [2.45, 2.75) is 12.3 Å². The lowest BCUT2D eigenvalue weighted by atomic mass is 9.92. The molecular weight excluding hydrogens is 259 g/mol. The summed E-state index contributed by atoms with van der Waals surface area (Å²) in [6, 6.07) is 10.2. The van der Waals surface area contributed by atoms with Crippen molar-refractivity contribution in [3.05, 3.63) is 54.1 Å². The van der Waals surface area contributed by atoms with Gasteiger partial charge in [0, 0.05) is 5.56 Å². The minimum absolute atomic E-state index is 0.130. The first-order chi connectivity index (χ1) is 9.74. The molecule has 0 radical (unpaired) electrons. The van der Waals surface area contributed by atoms with Crippen LogP contribution in [0.5, 0.6) is 5.75 Å². The topological polar surface area (TPSA) is 51.2 Å². The zero-order valence-corrected chi connectivity index (χ0v) is 10.7. The van der Waals surface area contributed by atoms with Gasteiger partial charge in [-0.3, -0.25) is 4.79 Å². The molecule has 4 nitrogen and oxygen atoms in total. The first-order valence-electron chi connectivity index (χ1n) is 6.38. The Morgan fingerprint density at radius 2 is 2.15 bits per heavy atom. The van der Waals surface area contributed by atoms with E-state index in [4.69, 9.17) is 4.74 Å². The molecule has 102 valence electrons. The van der Waals surface area contributed by atoms with E-state index in [9.17, 15) is 9.18 Å². The number of rotatable bonds is 2. The molecule has 0 saturated carbocycles. The molecule has 0 fully saturated rings. The number of benzene rings is 1. The Hall–Kier alpha value is -2.43. The van der Waals surface area contributed by atoms with Crippen LogP contribution in [0.15, 0.2) is 42.6 Å². The lowest BCUT2D eigenvalue weighted by Crippen LogP contribution is -2.26. The fraction of sp³-hybridized carbons (Fsp3) is 0.200. The predicted molar refractivity (Wildman–Crippen MR) is 72.1 cm³/mol. The number of carbonyl (C=O) groups is 1. The number of carbonyl (C=O) groups excluding carboxylic acids is 1. The van der Waals surface area contributed by atoms with E-state index in [2.05, 4.69) is 10.3 Å². The Morgan fingerprint density at radius 1 is 1.30 bits per heavy atom. The fourth-order valence-corrected chi connectivity index (χ4v) is 2.29. The van der Waals surface area contributed by atoms with Crippen LogP contribution in [-0.4, -0.2) is 17.5 Å². The average molecular weight is 272 g/mol. The summed E-state index contributed by atoms with van der Waals surface area (Å²) in [5.74, 6) is -0.213. The van der Waals surface area contributed by atoms with Crippen molar-refractivity contribution >= 4 is 11.6 Å². The lowest BCUT2D eigenvalue weighted by molar-refractivity contribution is -0.118. The summed E-state index contributed by atoms with van der Waals surface area (Å²) in [5, 5.41) is 2.76. The van der Waals surface area contributed by atoms with E-state index in [0.29, 0.717) is 18.7 Å². The number of aromatic nitrogens is 1. The Bertz CT molecular complexity index is 628. The zero-order valence-electron chi connectivity index (χ0n) is 10.7. The molecule has 0 bridgehead atoms. The molecule has 1 atom stereocenters. The summed E-state index contributed by atoms with van der Waals surface area (Å²) in [4.78, 5) is 15.8. The molecule has 0 spiro atoms. The summed E-state index contributed by atoms with van der Waals surface area (Å²) < 4.78 is 18.3. The van der Waals surface area contributed by atoms with Gasteiger partial charge in [0.25, 0.3) is 0 Å². The van der Waals surface area contributed by atoms with Crippen molar-refractivity contribution in [1.29, 1.82) is 0 Å². The second kappa shape index (κ2) is 5.28. The maximum absolute atomic E-state index is 12.7. The van der Waals surface area contributed by atoms with Crippen LogP contribution >= 0.6 is 0 Å². The van der Waals surface area contributed by atoms with Crippen molar-refractivity contribution in [3.63, 3.8) is 0 Å². The third-order valence-corrected chi connectivity index (χ3v) is 3.27. The van der Waals surface area contributed by atoms with Crippen LogP contribution in [0, 0.1) is 5.95 Å². The van der Waals surface area contributed by atoms with Crippen molar-refractivity contribution < 1.29 is 13.9 Å². The number of hydrogen-bond acceptors (Lipinski definition) is 3. The van der Waals surface area contributed by atoms with Crippen LogP contribution in [0.25, 0.3) is 0 Å². The summed E-state index contributed by atoms with van der Waals surface area (Å²) in [6.45, 7) is 0.511. The molecule has 2 heterocycles. The highest BCUT2D eigenvalue weighted by Gasteiger charge is 2.27. The molecule has 3 rings (SSSR count). The van der Waals surface area contributed by atoms with Crippen LogP contribution in [-0.2, 0) is 4.79 Å². The Labute approximate surface area is 115 Å². The highest BCUT2D eigenvalue weighted by Crippen LogP contribution is 2.33. The smallest absolute Gasteiger partial charge is 0.232 e. The molecule has 1 aliphatic rings. The van der Waals surface area contributed by atoms with Gasteiger partial charge in [0.1, 0.15) is 5.75 Å². The normalized spacial score (nSPS) is 16.9. The summed E-state index contributed by atoms with van der Waals surface area (Å²) >= 11 is 0. The molecule has 1 N–H and O–H groups in total. The van der Waals surface area contributed by atoms with Gasteiger partial charge >= 0.3 is 0 Å². The van der Waals surface area contributed by atoms with Gasteiger partial charge in [0.15, 0.2) is 0 Å². The van der Waals surface area contributed by atoms with E-state index in [1.54, 1.807) is 0 Å². The largest absolute Gasteiger partial charge is 0.493 e. The quantitative estimate of drug-likeness (QED) is 0.855. The molecule has 1 aromatic carbocycles. The number of para-hydroxylation sites is 1. The van der Waals surface area contributed by atoms with Gasteiger partial charge in [-0.15, -0.1) is 0 Å². The highest BCUT2D eigenvalue weighted by atomic mass is 19.1. The van der Waals surface area contributed by atoms with Crippen molar-refractivity contribution in [3.8, 4) is 5.75 Å². The number of nitrogens with one attached hydrogen (secondary N) is 1. The van der Waals surface area contributed by atoms with Gasteiger partial charge in [0.05, 0.1) is 24.4 Å². The molecule has 5 heteroatoms. The predicted octanol–water partition coefficient (Wildman–Crippen LogP) is 2.73. The van der Waals surface area contributed by atoms with Gasteiger partial charge < -0.3 is 10.1 Å². The highest BCUT2D eigenvalue weighted by molar-refractivity contribution is 5.96. The van der Waals surface area contributed by atoms with Gasteiger partial charge in [-0.1, -0.05) is 18.2 Å². The molecule has 1 aromatic heterocycles. The van der Waals surface area contributed by atoms with E-state index >= 15 is 0 Å². The molecule has 1 aliphatic heterocycles. The van der Waals surface area contributed by atoms with Crippen molar-refractivity contribution in [2.24, 2.45) is 0 Å². The fourth-order valence-electron chi connectivity index (χ4n) is 2.29. The molecule has 20 heavy (non-hydrogen) atoms. The monoisotopic (exact) mass is 272 g/mol. The first kappa shape index (κ1) is 12.6. The Kier molecular flexibility index (Phi) is 3.33. The Balaban J connectivity index is 1.80. The summed E-state index contributed by atoms with van der Waals surface area (Å²) in [5.41, 5.74) is 1.37. The van der Waals surface area contributed by atoms with E-state index in [1.165, 1.54) is 18.3 Å². The summed E-state index contributed by atoms with van der Waals surface area (Å²) in [6.07, 6.45) is 1.93. The zero-order chi connectivity index (χ0) is 13.9. The maximum Gasteiger partial charge on any atom is 0.232 e. The van der Waals surface area contributed by atoms with Crippen LogP contribution < -0.4 is 10.1 Å². The van der Waals surface area contributed by atoms with Crippen molar-refractivity contribution in [1.82, 2.24) is 4.98 Å². The third kappa shape index (κ3) is 2.47. The molecule has 1 unspecified atom stereocenters. The molecule has 0 aliphatic carbocycles. The third-order valence-electron chi connectivity index (χ3n) is 3.27. The van der Waals surface area contributed by atoms with Crippen molar-refractivity contribution in [2.75, 3.05) is 11.9 Å². The van der Waals surface area contributed by atoms with Gasteiger partial charge in [-0.2, -0.15) is 4.39 Å². The number of amides is 1. The maximum atomic E-state index is 12.7. The van der Waals surface area contributed by atoms with Gasteiger partial charge in [-0.25, -0.2) is 4.98 Å². The number of ether oxygens (including phenoxy) is 1. The van der Waals surface area contributed by atoms with E-state index < -0.39 is 5.95 Å². The van der Waals surface area contributed by atoms with E-state index in [-0.39, 0.29) is 11.8 Å². The number of anilines is 1.